The average Bonchev–Trinajstić information content (AvgIpc) is 2.12. The van der Waals surface area contributed by atoms with Gasteiger partial charge in [0, 0.05) is 18.0 Å². The lowest BCUT2D eigenvalue weighted by Gasteiger charge is -1.96. The molecule has 3 nitrogen and oxygen atoms in total. The zero-order valence-electron chi connectivity index (χ0n) is 4.33. The van der Waals surface area contributed by atoms with E-state index in [1.165, 1.54) is 0 Å². The Balaban J connectivity index is 2.77. The molecule has 0 aliphatic rings. The summed E-state index contributed by atoms with van der Waals surface area (Å²) in [7, 11) is 0. The maximum Gasteiger partial charge on any atom is 0.130 e. The van der Waals surface area contributed by atoms with Gasteiger partial charge in [-0.25, -0.2) is 0 Å². The minimum Gasteiger partial charge on any atom is -0.374 e. The largest absolute Gasteiger partial charge is 0.374 e. The summed E-state index contributed by atoms with van der Waals surface area (Å²) in [5, 5.41) is 8.67. The number of hydrogen-bond acceptors (Lipinski definition) is 2. The van der Waals surface area contributed by atoms with Crippen LogP contribution in [0.4, 0.5) is 0 Å². The third kappa shape index (κ3) is 0.882. The van der Waals surface area contributed by atoms with Crippen LogP contribution in [0, 0.1) is 0 Å². The van der Waals surface area contributed by atoms with E-state index < -0.39 is 6.23 Å². The second-order valence-electron chi connectivity index (χ2n) is 1.59. The van der Waals surface area contributed by atoms with Crippen molar-refractivity contribution in [2.45, 2.75) is 6.23 Å². The summed E-state index contributed by atoms with van der Waals surface area (Å²) in [6, 6.07) is 1.73. The van der Waals surface area contributed by atoms with E-state index >= 15 is 0 Å². The molecule has 3 heteroatoms. The van der Waals surface area contributed by atoms with E-state index in [4.69, 9.17) is 10.8 Å². The summed E-state index contributed by atoms with van der Waals surface area (Å²) >= 11 is 0. The van der Waals surface area contributed by atoms with Crippen molar-refractivity contribution in [1.82, 2.24) is 4.98 Å². The zero-order valence-corrected chi connectivity index (χ0v) is 4.33. The molecule has 1 unspecified atom stereocenters. The molecule has 0 saturated carbocycles. The Morgan fingerprint density at radius 2 is 2.50 bits per heavy atom. The second-order valence-corrected chi connectivity index (χ2v) is 1.59. The summed E-state index contributed by atoms with van der Waals surface area (Å²) in [5.41, 5.74) is 5.81. The molecule has 1 atom stereocenters. The predicted octanol–water partition coefficient (Wildman–Crippen LogP) is -0.0357. The SMILES string of the molecule is NC(O)c1cc[nH]c1. The van der Waals surface area contributed by atoms with Gasteiger partial charge in [0.2, 0.25) is 0 Å². The maximum atomic E-state index is 8.67. The van der Waals surface area contributed by atoms with E-state index in [0.29, 0.717) is 5.56 Å². The quantitative estimate of drug-likeness (QED) is 0.446. The number of nitrogens with one attached hydrogen (secondary N) is 1. The fraction of sp³-hybridized carbons (Fsp3) is 0.200. The summed E-state index contributed by atoms with van der Waals surface area (Å²) in [6.07, 6.45) is 2.53. The predicted molar refractivity (Wildman–Crippen MR) is 29.9 cm³/mol. The van der Waals surface area contributed by atoms with Crippen LogP contribution in [0.25, 0.3) is 0 Å². The molecule has 0 amide bonds. The second kappa shape index (κ2) is 1.98. The summed E-state index contributed by atoms with van der Waals surface area (Å²) < 4.78 is 0. The van der Waals surface area contributed by atoms with Crippen molar-refractivity contribution >= 4 is 0 Å². The minimum atomic E-state index is -0.846. The van der Waals surface area contributed by atoms with Gasteiger partial charge < -0.3 is 15.8 Å². The first-order valence-electron chi connectivity index (χ1n) is 2.37. The number of H-pyrrole nitrogens is 1. The van der Waals surface area contributed by atoms with Gasteiger partial charge in [-0.15, -0.1) is 0 Å². The highest BCUT2D eigenvalue weighted by molar-refractivity contribution is 5.09. The van der Waals surface area contributed by atoms with E-state index in [1.54, 1.807) is 18.5 Å². The van der Waals surface area contributed by atoms with Crippen LogP contribution in [-0.4, -0.2) is 10.1 Å². The summed E-state index contributed by atoms with van der Waals surface area (Å²) in [6.45, 7) is 0. The molecular formula is C5H8N2O. The first-order valence-corrected chi connectivity index (χ1v) is 2.37. The molecule has 1 aromatic rings. The Morgan fingerprint density at radius 1 is 1.75 bits per heavy atom. The molecule has 0 fully saturated rings. The molecule has 1 heterocycles. The van der Waals surface area contributed by atoms with Gasteiger partial charge in [-0.1, -0.05) is 0 Å². The normalized spacial score (nSPS) is 13.8. The van der Waals surface area contributed by atoms with Crippen LogP contribution < -0.4 is 5.73 Å². The highest BCUT2D eigenvalue weighted by Gasteiger charge is 1.96. The fourth-order valence-corrected chi connectivity index (χ4v) is 0.521. The van der Waals surface area contributed by atoms with E-state index in [-0.39, 0.29) is 0 Å². The van der Waals surface area contributed by atoms with Crippen molar-refractivity contribution in [2.75, 3.05) is 0 Å². The molecular weight excluding hydrogens is 104 g/mol. The van der Waals surface area contributed by atoms with Crippen LogP contribution in [0.1, 0.15) is 11.8 Å². The number of aromatic amines is 1. The smallest absolute Gasteiger partial charge is 0.130 e. The average molecular weight is 112 g/mol. The Labute approximate surface area is 47.1 Å². The van der Waals surface area contributed by atoms with Crippen LogP contribution in [-0.2, 0) is 0 Å². The van der Waals surface area contributed by atoms with Crippen molar-refractivity contribution in [3.8, 4) is 0 Å². The summed E-state index contributed by atoms with van der Waals surface area (Å²) in [5.74, 6) is 0. The van der Waals surface area contributed by atoms with Crippen molar-refractivity contribution in [2.24, 2.45) is 5.73 Å². The Morgan fingerprint density at radius 3 is 2.75 bits per heavy atom. The third-order valence-corrected chi connectivity index (χ3v) is 0.964. The molecule has 1 aromatic heterocycles. The molecule has 1 rings (SSSR count). The van der Waals surface area contributed by atoms with Gasteiger partial charge in [0.15, 0.2) is 0 Å². The number of aliphatic hydroxyl groups excluding tert-OH is 1. The number of aromatic nitrogens is 1. The van der Waals surface area contributed by atoms with Gasteiger partial charge in [-0.3, -0.25) is 0 Å². The van der Waals surface area contributed by atoms with E-state index in [1.807, 2.05) is 0 Å². The molecule has 4 N–H and O–H groups in total. The molecule has 0 aliphatic carbocycles. The van der Waals surface area contributed by atoms with Crippen molar-refractivity contribution < 1.29 is 5.11 Å². The lowest BCUT2D eigenvalue weighted by molar-refractivity contribution is 0.186. The molecule has 44 valence electrons. The van der Waals surface area contributed by atoms with Gasteiger partial charge in [0.05, 0.1) is 0 Å². The number of aliphatic hydroxyl groups is 1. The molecule has 0 aromatic carbocycles. The first-order chi connectivity index (χ1) is 3.80. The maximum absolute atomic E-state index is 8.67. The number of hydrogen-bond donors (Lipinski definition) is 3. The number of nitrogens with two attached hydrogens (primary N) is 1. The minimum absolute atomic E-state index is 0.713. The molecule has 0 saturated heterocycles. The third-order valence-electron chi connectivity index (χ3n) is 0.964. The summed E-state index contributed by atoms with van der Waals surface area (Å²) in [4.78, 5) is 2.77. The van der Waals surface area contributed by atoms with Gasteiger partial charge in [-0.05, 0) is 6.07 Å². The van der Waals surface area contributed by atoms with Gasteiger partial charge in [-0.2, -0.15) is 0 Å². The van der Waals surface area contributed by atoms with Gasteiger partial charge in [0.1, 0.15) is 6.23 Å². The molecule has 0 radical (unpaired) electrons. The van der Waals surface area contributed by atoms with Gasteiger partial charge in [0.25, 0.3) is 0 Å². The monoisotopic (exact) mass is 112 g/mol. The number of rotatable bonds is 1. The van der Waals surface area contributed by atoms with Crippen molar-refractivity contribution in [1.29, 1.82) is 0 Å². The fourth-order valence-electron chi connectivity index (χ4n) is 0.521. The van der Waals surface area contributed by atoms with Crippen LogP contribution in [0.15, 0.2) is 18.5 Å². The lowest BCUT2D eigenvalue weighted by atomic mass is 10.3. The van der Waals surface area contributed by atoms with E-state index in [9.17, 15) is 0 Å². The first kappa shape index (κ1) is 5.34. The molecule has 0 aliphatic heterocycles. The molecule has 0 bridgehead atoms. The molecule has 0 spiro atoms. The zero-order chi connectivity index (χ0) is 5.98. The van der Waals surface area contributed by atoms with Crippen LogP contribution in [0.2, 0.25) is 0 Å². The van der Waals surface area contributed by atoms with Gasteiger partial charge >= 0.3 is 0 Å². The topological polar surface area (TPSA) is 62.0 Å². The highest BCUT2D eigenvalue weighted by atomic mass is 16.3. The van der Waals surface area contributed by atoms with Crippen LogP contribution in [0.3, 0.4) is 0 Å². The van der Waals surface area contributed by atoms with Crippen molar-refractivity contribution in [3.63, 3.8) is 0 Å². The van der Waals surface area contributed by atoms with Crippen LogP contribution >= 0.6 is 0 Å². The Hall–Kier alpha value is -0.800. The lowest BCUT2D eigenvalue weighted by Crippen LogP contribution is -2.06. The standard InChI is InChI=1S/C5H8N2O/c6-5(8)4-1-2-7-3-4/h1-3,5,7-8H,6H2. The Bertz CT molecular complexity index is 145. The highest BCUT2D eigenvalue weighted by Crippen LogP contribution is 2.02. The Kier molecular flexibility index (Phi) is 1.32. The van der Waals surface area contributed by atoms with Crippen molar-refractivity contribution in [3.05, 3.63) is 24.0 Å². The molecule has 8 heavy (non-hydrogen) atoms. The van der Waals surface area contributed by atoms with E-state index in [2.05, 4.69) is 4.98 Å². The van der Waals surface area contributed by atoms with E-state index in [0.717, 1.165) is 0 Å². The van der Waals surface area contributed by atoms with Crippen LogP contribution in [0.5, 0.6) is 0 Å².